The van der Waals surface area contributed by atoms with E-state index in [-0.39, 0.29) is 42.3 Å². The summed E-state index contributed by atoms with van der Waals surface area (Å²) in [6, 6.07) is 9.00. The topological polar surface area (TPSA) is 88.8 Å². The van der Waals surface area contributed by atoms with Crippen molar-refractivity contribution in [1.82, 2.24) is 8.87 Å². The molecule has 0 saturated carbocycles. The lowest BCUT2D eigenvalue weighted by Gasteiger charge is -2.18. The third kappa shape index (κ3) is 4.71. The van der Waals surface area contributed by atoms with Gasteiger partial charge in [0.1, 0.15) is 23.0 Å². The van der Waals surface area contributed by atoms with Gasteiger partial charge in [-0.2, -0.15) is 4.31 Å². The zero-order valence-corrected chi connectivity index (χ0v) is 19.7. The van der Waals surface area contributed by atoms with Gasteiger partial charge in [-0.3, -0.25) is 4.79 Å². The fourth-order valence-corrected chi connectivity index (χ4v) is 5.98. The molecule has 1 N–H and O–H groups in total. The summed E-state index contributed by atoms with van der Waals surface area (Å²) in [5.41, 5.74) is 1.52. The highest BCUT2D eigenvalue weighted by Gasteiger charge is 2.36. The Morgan fingerprint density at radius 1 is 1.27 bits per heavy atom. The molecule has 1 unspecified atom stereocenters. The number of aliphatic carboxylic acids is 1. The normalized spacial score (nSPS) is 17.2. The molecular weight excluding hydrogens is 471 g/mol. The van der Waals surface area contributed by atoms with Gasteiger partial charge in [-0.1, -0.05) is 17.7 Å². The number of rotatable bonds is 7. The molecule has 1 aliphatic rings. The lowest BCUT2D eigenvalue weighted by Crippen LogP contribution is -2.29. The molecule has 1 aliphatic heterocycles. The maximum atomic E-state index is 14.7. The van der Waals surface area contributed by atoms with E-state index in [9.17, 15) is 22.7 Å². The van der Waals surface area contributed by atoms with Crippen LogP contribution in [0.2, 0.25) is 5.02 Å². The molecule has 1 aromatic heterocycles. The molecule has 33 heavy (non-hydrogen) atoms. The maximum absolute atomic E-state index is 14.7. The predicted octanol–water partition coefficient (Wildman–Crippen LogP) is 4.48. The van der Waals surface area contributed by atoms with Gasteiger partial charge in [-0.25, -0.2) is 12.8 Å². The molecule has 2 heterocycles. The SMILES string of the molecule is CC(C)Oc1ccc(S(=O)(=O)N2CCC(c3cn(CC(=O)O)c4cc(Cl)ccc34)C2)c(F)c1. The van der Waals surface area contributed by atoms with Crippen molar-refractivity contribution in [3.05, 3.63) is 59.0 Å². The van der Waals surface area contributed by atoms with Crippen molar-refractivity contribution in [2.24, 2.45) is 0 Å². The van der Waals surface area contributed by atoms with Crippen molar-refractivity contribution in [3.8, 4) is 5.75 Å². The fourth-order valence-electron chi connectivity index (χ4n) is 4.27. The Balaban J connectivity index is 1.62. The summed E-state index contributed by atoms with van der Waals surface area (Å²) in [6.45, 7) is 3.76. The van der Waals surface area contributed by atoms with Gasteiger partial charge in [0, 0.05) is 41.7 Å². The summed E-state index contributed by atoms with van der Waals surface area (Å²) in [5.74, 6) is -1.74. The van der Waals surface area contributed by atoms with E-state index in [0.29, 0.717) is 17.0 Å². The van der Waals surface area contributed by atoms with Gasteiger partial charge < -0.3 is 14.4 Å². The second-order valence-corrected chi connectivity index (χ2v) is 10.7. The molecule has 7 nitrogen and oxygen atoms in total. The third-order valence-electron chi connectivity index (χ3n) is 5.66. The minimum atomic E-state index is -4.05. The van der Waals surface area contributed by atoms with E-state index in [1.807, 2.05) is 6.07 Å². The zero-order valence-electron chi connectivity index (χ0n) is 18.2. The van der Waals surface area contributed by atoms with Gasteiger partial charge in [0.25, 0.3) is 0 Å². The Labute approximate surface area is 196 Å². The first-order valence-electron chi connectivity index (χ1n) is 10.5. The van der Waals surface area contributed by atoms with Crippen molar-refractivity contribution in [3.63, 3.8) is 0 Å². The molecule has 1 saturated heterocycles. The second-order valence-electron chi connectivity index (χ2n) is 8.38. The quantitative estimate of drug-likeness (QED) is 0.523. The van der Waals surface area contributed by atoms with Crippen LogP contribution >= 0.6 is 11.6 Å². The maximum Gasteiger partial charge on any atom is 0.323 e. The van der Waals surface area contributed by atoms with E-state index in [4.69, 9.17) is 16.3 Å². The summed E-state index contributed by atoms with van der Waals surface area (Å²) in [6.07, 6.45) is 2.11. The van der Waals surface area contributed by atoms with Gasteiger partial charge in [0.15, 0.2) is 0 Å². The Kier molecular flexibility index (Phi) is 6.39. The molecule has 1 fully saturated rings. The number of halogens is 2. The molecule has 0 bridgehead atoms. The van der Waals surface area contributed by atoms with Crippen molar-refractivity contribution in [2.75, 3.05) is 13.1 Å². The highest BCUT2D eigenvalue weighted by atomic mass is 35.5. The standard InChI is InChI=1S/C23H24ClFN2O5S/c1-14(2)32-17-4-6-22(20(25)10-17)33(30,31)27-8-7-15(11-27)19-12-26(13-23(28)29)21-9-16(24)3-5-18(19)21/h3-6,9-10,12,14-15H,7-8,11,13H2,1-2H3,(H,28,29). The van der Waals surface area contributed by atoms with Crippen LogP contribution < -0.4 is 4.74 Å². The summed E-state index contributed by atoms with van der Waals surface area (Å²) >= 11 is 6.11. The van der Waals surface area contributed by atoms with Gasteiger partial charge in [-0.15, -0.1) is 0 Å². The number of hydrogen-bond acceptors (Lipinski definition) is 4. The first-order chi connectivity index (χ1) is 15.6. The summed E-state index contributed by atoms with van der Waals surface area (Å²) in [7, 11) is -4.05. The number of carboxylic acids is 1. The van der Waals surface area contributed by atoms with Crippen LogP contribution in [0.5, 0.6) is 5.75 Å². The average molecular weight is 495 g/mol. The number of aromatic nitrogens is 1. The number of nitrogens with zero attached hydrogens (tertiary/aromatic N) is 2. The minimum Gasteiger partial charge on any atom is -0.491 e. The Bertz CT molecular complexity index is 1320. The molecule has 0 aliphatic carbocycles. The highest BCUT2D eigenvalue weighted by Crippen LogP contribution is 2.37. The number of ether oxygens (including phenoxy) is 1. The smallest absolute Gasteiger partial charge is 0.323 e. The average Bonchev–Trinajstić information content (AvgIpc) is 3.33. The molecule has 0 amide bonds. The van der Waals surface area contributed by atoms with Gasteiger partial charge in [-0.05, 0) is 50.1 Å². The van der Waals surface area contributed by atoms with Crippen molar-refractivity contribution < 1.29 is 27.4 Å². The summed E-state index contributed by atoms with van der Waals surface area (Å²) in [4.78, 5) is 10.9. The molecule has 10 heteroatoms. The number of fused-ring (bicyclic) bond motifs is 1. The van der Waals surface area contributed by atoms with Crippen LogP contribution in [-0.4, -0.2) is 47.6 Å². The van der Waals surface area contributed by atoms with Crippen LogP contribution in [0.4, 0.5) is 4.39 Å². The Hall–Kier alpha value is -2.62. The highest BCUT2D eigenvalue weighted by molar-refractivity contribution is 7.89. The number of carboxylic acid groups (broad SMARTS) is 1. The van der Waals surface area contributed by atoms with E-state index < -0.39 is 21.8 Å². The van der Waals surface area contributed by atoms with E-state index in [2.05, 4.69) is 0 Å². The van der Waals surface area contributed by atoms with Gasteiger partial charge in [0.2, 0.25) is 10.0 Å². The largest absolute Gasteiger partial charge is 0.491 e. The van der Waals surface area contributed by atoms with Gasteiger partial charge in [0.05, 0.1) is 11.6 Å². The monoisotopic (exact) mass is 494 g/mol. The van der Waals surface area contributed by atoms with Crippen LogP contribution in [0.1, 0.15) is 31.7 Å². The molecular formula is C23H24ClFN2O5S. The minimum absolute atomic E-state index is 0.162. The Morgan fingerprint density at radius 3 is 2.70 bits per heavy atom. The first kappa shape index (κ1) is 23.5. The summed E-state index contributed by atoms with van der Waals surface area (Å²) < 4.78 is 49.3. The van der Waals surface area contributed by atoms with E-state index >= 15 is 0 Å². The zero-order chi connectivity index (χ0) is 23.9. The number of hydrogen-bond donors (Lipinski definition) is 1. The lowest BCUT2D eigenvalue weighted by atomic mass is 9.98. The van der Waals surface area contributed by atoms with Gasteiger partial charge >= 0.3 is 5.97 Å². The Morgan fingerprint density at radius 2 is 2.03 bits per heavy atom. The van der Waals surface area contributed by atoms with Crippen molar-refractivity contribution >= 4 is 38.5 Å². The first-order valence-corrected chi connectivity index (χ1v) is 12.3. The van der Waals surface area contributed by atoms with E-state index in [1.165, 1.54) is 16.4 Å². The molecule has 2 aromatic carbocycles. The third-order valence-corrected chi connectivity index (χ3v) is 7.80. The van der Waals surface area contributed by atoms with Crippen LogP contribution in [0.15, 0.2) is 47.5 Å². The summed E-state index contributed by atoms with van der Waals surface area (Å²) in [5, 5.41) is 10.6. The number of sulfonamides is 1. The second kappa shape index (κ2) is 8.96. The number of benzene rings is 2. The van der Waals surface area contributed by atoms with Crippen LogP contribution in [0, 0.1) is 5.82 Å². The molecule has 0 spiro atoms. The molecule has 1 atom stereocenters. The number of carbonyl (C=O) groups is 1. The lowest BCUT2D eigenvalue weighted by molar-refractivity contribution is -0.137. The molecule has 4 rings (SSSR count). The van der Waals surface area contributed by atoms with E-state index in [1.54, 1.807) is 36.7 Å². The van der Waals surface area contributed by atoms with E-state index in [0.717, 1.165) is 17.0 Å². The molecule has 176 valence electrons. The molecule has 0 radical (unpaired) electrons. The van der Waals surface area contributed by atoms with Crippen molar-refractivity contribution in [1.29, 1.82) is 0 Å². The predicted molar refractivity (Wildman–Crippen MR) is 123 cm³/mol. The van der Waals surface area contributed by atoms with Crippen LogP contribution in [-0.2, 0) is 21.4 Å². The van der Waals surface area contributed by atoms with Crippen LogP contribution in [0.3, 0.4) is 0 Å². The fraction of sp³-hybridized carbons (Fsp3) is 0.348. The van der Waals surface area contributed by atoms with Crippen molar-refractivity contribution in [2.45, 2.75) is 43.7 Å². The molecule has 3 aromatic rings. The van der Waals surface area contributed by atoms with Crippen LogP contribution in [0.25, 0.3) is 10.9 Å².